The quantitative estimate of drug-likeness (QED) is 0.741. The lowest BCUT2D eigenvalue weighted by Crippen LogP contribution is -2.21. The third-order valence-electron chi connectivity index (χ3n) is 2.53. The van der Waals surface area contributed by atoms with E-state index >= 15 is 0 Å². The van der Waals surface area contributed by atoms with Crippen LogP contribution in [0.1, 0.15) is 22.8 Å². The van der Waals surface area contributed by atoms with Gasteiger partial charge in [-0.15, -0.1) is 0 Å². The normalized spacial score (nSPS) is 11.3. The number of sulfonamides is 1. The second-order valence-corrected chi connectivity index (χ2v) is 5.74. The standard InChI is InChI=1S/C12H17NO5S/c1-3-18-7-8-19(16,17)13-11-6-4-5-10(9(11)2)12(14)15/h4-6,13H,3,7-8H2,1-2H3,(H,14,15). The van der Waals surface area contributed by atoms with Crippen LogP contribution in [0.2, 0.25) is 0 Å². The van der Waals surface area contributed by atoms with Crippen molar-refractivity contribution in [3.05, 3.63) is 29.3 Å². The van der Waals surface area contributed by atoms with Crippen LogP contribution in [0.15, 0.2) is 18.2 Å². The van der Waals surface area contributed by atoms with Gasteiger partial charge in [0.05, 0.1) is 23.6 Å². The molecule has 0 saturated carbocycles. The van der Waals surface area contributed by atoms with Gasteiger partial charge in [0.25, 0.3) is 0 Å². The number of anilines is 1. The Balaban J connectivity index is 2.88. The van der Waals surface area contributed by atoms with Crippen LogP contribution in [0, 0.1) is 6.92 Å². The molecule has 0 saturated heterocycles. The number of carboxylic acids is 1. The van der Waals surface area contributed by atoms with Crippen molar-refractivity contribution < 1.29 is 23.1 Å². The smallest absolute Gasteiger partial charge is 0.336 e. The lowest BCUT2D eigenvalue weighted by molar-refractivity contribution is 0.0696. The number of hydrogen-bond acceptors (Lipinski definition) is 4. The summed E-state index contributed by atoms with van der Waals surface area (Å²) in [7, 11) is -3.54. The number of nitrogens with one attached hydrogen (secondary N) is 1. The Morgan fingerprint density at radius 1 is 1.42 bits per heavy atom. The molecule has 0 heterocycles. The van der Waals surface area contributed by atoms with Crippen molar-refractivity contribution in [3.63, 3.8) is 0 Å². The highest BCUT2D eigenvalue weighted by molar-refractivity contribution is 7.92. The number of carboxylic acid groups (broad SMARTS) is 1. The van der Waals surface area contributed by atoms with E-state index in [-0.39, 0.29) is 23.6 Å². The highest BCUT2D eigenvalue weighted by Crippen LogP contribution is 2.20. The molecule has 0 atom stereocenters. The van der Waals surface area contributed by atoms with Crippen LogP contribution in [0.5, 0.6) is 0 Å². The van der Waals surface area contributed by atoms with Gasteiger partial charge in [0, 0.05) is 6.61 Å². The summed E-state index contributed by atoms with van der Waals surface area (Å²) >= 11 is 0. The number of rotatable bonds is 7. The van der Waals surface area contributed by atoms with Gasteiger partial charge in [0.15, 0.2) is 0 Å². The van der Waals surface area contributed by atoms with Gasteiger partial charge in [-0.3, -0.25) is 4.72 Å². The molecule has 0 aliphatic heterocycles. The summed E-state index contributed by atoms with van der Waals surface area (Å²) in [6.07, 6.45) is 0. The number of benzene rings is 1. The van der Waals surface area contributed by atoms with Crippen LogP contribution in [0.3, 0.4) is 0 Å². The Morgan fingerprint density at radius 3 is 2.68 bits per heavy atom. The largest absolute Gasteiger partial charge is 0.478 e. The average molecular weight is 287 g/mol. The van der Waals surface area contributed by atoms with Gasteiger partial charge in [0.1, 0.15) is 0 Å². The molecule has 1 aromatic carbocycles. The molecule has 0 amide bonds. The summed E-state index contributed by atoms with van der Waals surface area (Å²) < 4.78 is 30.9. The molecule has 0 unspecified atom stereocenters. The van der Waals surface area contributed by atoms with Gasteiger partial charge < -0.3 is 9.84 Å². The lowest BCUT2D eigenvalue weighted by Gasteiger charge is -2.12. The molecule has 7 heteroatoms. The summed E-state index contributed by atoms with van der Waals surface area (Å²) in [6.45, 7) is 3.89. The van der Waals surface area contributed by atoms with Crippen molar-refractivity contribution in [1.82, 2.24) is 0 Å². The van der Waals surface area contributed by atoms with E-state index in [4.69, 9.17) is 9.84 Å². The van der Waals surface area contributed by atoms with E-state index in [1.54, 1.807) is 13.8 Å². The minimum absolute atomic E-state index is 0.0741. The third kappa shape index (κ3) is 4.53. The van der Waals surface area contributed by atoms with E-state index in [1.165, 1.54) is 18.2 Å². The minimum atomic E-state index is -3.54. The summed E-state index contributed by atoms with van der Waals surface area (Å²) in [6, 6.07) is 4.45. The zero-order chi connectivity index (χ0) is 14.5. The topological polar surface area (TPSA) is 92.7 Å². The molecule has 106 valence electrons. The van der Waals surface area contributed by atoms with Crippen molar-refractivity contribution in [2.45, 2.75) is 13.8 Å². The van der Waals surface area contributed by atoms with Crippen LogP contribution in [-0.2, 0) is 14.8 Å². The van der Waals surface area contributed by atoms with Gasteiger partial charge >= 0.3 is 5.97 Å². The maximum absolute atomic E-state index is 11.8. The molecule has 0 bridgehead atoms. The molecule has 6 nitrogen and oxygen atoms in total. The molecule has 0 aliphatic rings. The Bertz CT molecular complexity index is 553. The number of ether oxygens (including phenoxy) is 1. The fourth-order valence-corrected chi connectivity index (χ4v) is 2.50. The van der Waals surface area contributed by atoms with Crippen molar-refractivity contribution in [3.8, 4) is 0 Å². The average Bonchev–Trinajstić information content (AvgIpc) is 2.31. The fourth-order valence-electron chi connectivity index (χ4n) is 1.51. The van der Waals surface area contributed by atoms with E-state index < -0.39 is 16.0 Å². The van der Waals surface area contributed by atoms with E-state index in [2.05, 4.69) is 4.72 Å². The maximum Gasteiger partial charge on any atom is 0.336 e. The second-order valence-electron chi connectivity index (χ2n) is 3.90. The minimum Gasteiger partial charge on any atom is -0.478 e. The maximum atomic E-state index is 11.8. The summed E-state index contributed by atoms with van der Waals surface area (Å²) in [5.74, 6) is -1.26. The monoisotopic (exact) mass is 287 g/mol. The SMILES string of the molecule is CCOCCS(=O)(=O)Nc1cccc(C(=O)O)c1C. The van der Waals surface area contributed by atoms with Crippen LogP contribution in [0.4, 0.5) is 5.69 Å². The first-order valence-corrected chi connectivity index (χ1v) is 7.43. The van der Waals surface area contributed by atoms with Gasteiger partial charge in [-0.05, 0) is 31.5 Å². The molecule has 2 N–H and O–H groups in total. The molecule has 1 rings (SSSR count). The van der Waals surface area contributed by atoms with Crippen molar-refractivity contribution in [1.29, 1.82) is 0 Å². The third-order valence-corrected chi connectivity index (χ3v) is 3.77. The molecular weight excluding hydrogens is 270 g/mol. The molecule has 0 spiro atoms. The Hall–Kier alpha value is -1.60. The molecule has 0 fully saturated rings. The van der Waals surface area contributed by atoms with E-state index in [0.29, 0.717) is 12.2 Å². The second kappa shape index (κ2) is 6.53. The zero-order valence-corrected chi connectivity index (χ0v) is 11.7. The van der Waals surface area contributed by atoms with E-state index in [9.17, 15) is 13.2 Å². The molecule has 1 aromatic rings. The van der Waals surface area contributed by atoms with Gasteiger partial charge in [0.2, 0.25) is 10.0 Å². The molecule has 0 radical (unpaired) electrons. The van der Waals surface area contributed by atoms with Crippen molar-refractivity contribution in [2.75, 3.05) is 23.7 Å². The zero-order valence-electron chi connectivity index (χ0n) is 10.8. The summed E-state index contributed by atoms with van der Waals surface area (Å²) in [4.78, 5) is 11.0. The van der Waals surface area contributed by atoms with E-state index in [1.807, 2.05) is 0 Å². The van der Waals surface area contributed by atoms with Crippen LogP contribution in [0.25, 0.3) is 0 Å². The number of carbonyl (C=O) groups is 1. The predicted octanol–water partition coefficient (Wildman–Crippen LogP) is 1.47. The van der Waals surface area contributed by atoms with Gasteiger partial charge in [-0.25, -0.2) is 13.2 Å². The Morgan fingerprint density at radius 2 is 2.11 bits per heavy atom. The van der Waals surface area contributed by atoms with Crippen LogP contribution < -0.4 is 4.72 Å². The fraction of sp³-hybridized carbons (Fsp3) is 0.417. The first-order chi connectivity index (χ1) is 8.87. The number of aromatic carboxylic acids is 1. The molecule has 0 aromatic heterocycles. The van der Waals surface area contributed by atoms with Crippen molar-refractivity contribution in [2.24, 2.45) is 0 Å². The highest BCUT2D eigenvalue weighted by atomic mass is 32.2. The predicted molar refractivity (Wildman–Crippen MR) is 72.0 cm³/mol. The summed E-state index contributed by atoms with van der Waals surface area (Å²) in [5.41, 5.74) is 0.733. The van der Waals surface area contributed by atoms with Gasteiger partial charge in [-0.1, -0.05) is 6.07 Å². The molecular formula is C12H17NO5S. The van der Waals surface area contributed by atoms with Gasteiger partial charge in [-0.2, -0.15) is 0 Å². The van der Waals surface area contributed by atoms with Crippen molar-refractivity contribution >= 4 is 21.7 Å². The highest BCUT2D eigenvalue weighted by Gasteiger charge is 2.15. The first-order valence-electron chi connectivity index (χ1n) is 5.78. The van der Waals surface area contributed by atoms with E-state index in [0.717, 1.165) is 0 Å². The van der Waals surface area contributed by atoms with Crippen LogP contribution in [-0.4, -0.2) is 38.5 Å². The molecule has 19 heavy (non-hydrogen) atoms. The van der Waals surface area contributed by atoms with Crippen LogP contribution >= 0.6 is 0 Å². The Labute approximate surface area is 112 Å². The first kappa shape index (κ1) is 15.5. The molecule has 0 aliphatic carbocycles. The lowest BCUT2D eigenvalue weighted by atomic mass is 10.1. The number of hydrogen-bond donors (Lipinski definition) is 2. The Kier molecular flexibility index (Phi) is 5.31. The summed E-state index contributed by atoms with van der Waals surface area (Å²) in [5, 5.41) is 8.96.